The first-order valence-electron chi connectivity index (χ1n) is 11.3. The van der Waals surface area contributed by atoms with E-state index in [1.54, 1.807) is 0 Å². The quantitative estimate of drug-likeness (QED) is 0.0887. The number of unbranched alkanes of at least 4 members (excludes halogenated alkanes) is 11. The zero-order valence-corrected chi connectivity index (χ0v) is 22.1. The molecule has 0 radical (unpaired) electrons. The molecule has 0 aliphatic carbocycles. The molecule has 0 aliphatic heterocycles. The zero-order chi connectivity index (χ0) is 22.1. The van der Waals surface area contributed by atoms with Crippen LogP contribution in [0.2, 0.25) is 0 Å². The third-order valence-electron chi connectivity index (χ3n) is 4.99. The van der Waals surface area contributed by atoms with Crippen molar-refractivity contribution in [2.24, 2.45) is 0 Å². The molecule has 0 amide bonds. The van der Waals surface area contributed by atoms with Crippen molar-refractivity contribution in [2.75, 3.05) is 0 Å². The van der Waals surface area contributed by atoms with Crippen LogP contribution in [-0.2, 0) is 14.9 Å². The number of carbonyl (C=O) groups is 1. The smallest absolute Gasteiger partial charge is 0.744 e. The second-order valence-corrected chi connectivity index (χ2v) is 9.11. The Hall–Kier alpha value is -0.660. The van der Waals surface area contributed by atoms with Gasteiger partial charge in [0.15, 0.2) is 0 Å². The van der Waals surface area contributed by atoms with Gasteiger partial charge in [-0.3, -0.25) is 4.79 Å². The minimum atomic E-state index is -4.48. The molecule has 0 unspecified atom stereocenters. The molecule has 0 aliphatic rings. The summed E-state index contributed by atoms with van der Waals surface area (Å²) in [5.74, 6) is -0.0921. The Labute approximate surface area is 211 Å². The van der Waals surface area contributed by atoms with Crippen LogP contribution in [-0.4, -0.2) is 18.9 Å². The summed E-state index contributed by atoms with van der Waals surface area (Å²) in [4.78, 5) is 11.5. The van der Waals surface area contributed by atoms with Gasteiger partial charge in [-0.05, 0) is 56.4 Å². The van der Waals surface area contributed by atoms with Gasteiger partial charge in [0, 0.05) is 6.42 Å². The second kappa shape index (κ2) is 18.9. The number of ether oxygens (including phenoxy) is 1. The van der Waals surface area contributed by atoms with Crippen molar-refractivity contribution in [1.29, 1.82) is 0 Å². The molecule has 1 aromatic rings. The van der Waals surface area contributed by atoms with Gasteiger partial charge < -0.3 is 9.29 Å². The molecular weight excluding hydrogens is 423 g/mol. The molecule has 5 nitrogen and oxygen atoms in total. The molecule has 0 saturated heterocycles. The van der Waals surface area contributed by atoms with Crippen molar-refractivity contribution in [2.45, 2.75) is 102 Å². The predicted molar refractivity (Wildman–Crippen MR) is 119 cm³/mol. The Morgan fingerprint density at radius 2 is 1.32 bits per heavy atom. The molecule has 0 atom stereocenters. The van der Waals surface area contributed by atoms with Gasteiger partial charge in [0.05, 0.1) is 4.90 Å². The summed E-state index contributed by atoms with van der Waals surface area (Å²) in [5.41, 5.74) is 0. The van der Waals surface area contributed by atoms with E-state index in [1.807, 2.05) is 0 Å². The van der Waals surface area contributed by atoms with Crippen LogP contribution in [0.3, 0.4) is 0 Å². The van der Waals surface area contributed by atoms with E-state index in [0.29, 0.717) is 6.42 Å². The van der Waals surface area contributed by atoms with E-state index < -0.39 is 10.1 Å². The monoisotopic (exact) mass is 460 g/mol. The van der Waals surface area contributed by atoms with E-state index in [9.17, 15) is 17.8 Å². The summed E-state index contributed by atoms with van der Waals surface area (Å²) in [5, 5.41) is 0. The van der Waals surface area contributed by atoms with Crippen molar-refractivity contribution in [3.8, 4) is 5.75 Å². The zero-order valence-electron chi connectivity index (χ0n) is 19.3. The maximum absolute atomic E-state index is 11.8. The van der Waals surface area contributed by atoms with Crippen LogP contribution in [0.5, 0.6) is 5.75 Å². The summed E-state index contributed by atoms with van der Waals surface area (Å²) >= 11 is 0. The Kier molecular flexibility index (Phi) is 18.5. The predicted octanol–water partition coefficient (Wildman–Crippen LogP) is 3.54. The maximum atomic E-state index is 11.8. The molecule has 7 heteroatoms. The molecule has 31 heavy (non-hydrogen) atoms. The Morgan fingerprint density at radius 1 is 0.839 bits per heavy atom. The number of benzene rings is 1. The largest absolute Gasteiger partial charge is 1.00 e. The van der Waals surface area contributed by atoms with Gasteiger partial charge in [0.2, 0.25) is 0 Å². The fraction of sp³-hybridized carbons (Fsp3) is 0.625. The summed E-state index contributed by atoms with van der Waals surface area (Å²) < 4.78 is 37.8. The average Bonchev–Trinajstić information content (AvgIpc) is 2.70. The topological polar surface area (TPSA) is 83.5 Å². The van der Waals surface area contributed by atoms with Gasteiger partial charge in [-0.2, -0.15) is 0 Å². The third-order valence-corrected chi connectivity index (χ3v) is 5.84. The molecule has 0 N–H and O–H groups in total. The van der Waals surface area contributed by atoms with Crippen LogP contribution >= 0.6 is 0 Å². The van der Waals surface area contributed by atoms with E-state index in [2.05, 4.69) is 19.1 Å². The molecule has 0 bridgehead atoms. The van der Waals surface area contributed by atoms with Crippen molar-refractivity contribution < 1.29 is 52.1 Å². The number of hydrogen-bond acceptors (Lipinski definition) is 5. The van der Waals surface area contributed by atoms with Gasteiger partial charge >= 0.3 is 35.5 Å². The normalized spacial score (nSPS) is 11.4. The molecule has 0 saturated carbocycles. The van der Waals surface area contributed by atoms with Crippen molar-refractivity contribution in [1.82, 2.24) is 0 Å². The average molecular weight is 461 g/mol. The molecule has 1 aromatic carbocycles. The molecular formula is C24H37NaO5S. The van der Waals surface area contributed by atoms with Crippen LogP contribution in [0, 0.1) is 0 Å². The first kappa shape index (κ1) is 30.3. The minimum Gasteiger partial charge on any atom is -0.744 e. The van der Waals surface area contributed by atoms with Crippen LogP contribution in [0.25, 0.3) is 0 Å². The first-order chi connectivity index (χ1) is 14.4. The van der Waals surface area contributed by atoms with Crippen molar-refractivity contribution >= 4 is 16.1 Å². The molecule has 0 heterocycles. The standard InChI is InChI=1S/C24H38O5S.Na/c1-2-3-4-5-6-7-8-9-10-11-12-13-14-15-16-17-24(25)29-22-18-20-23(21-19-22)30(26,27)28;/h9-10,18-21H,2-8,11-17H2,1H3,(H,26,27,28);/q;+1/p-1/b10-9+;. The van der Waals surface area contributed by atoms with Crippen molar-refractivity contribution in [3.05, 3.63) is 36.4 Å². The number of allylic oxidation sites excluding steroid dienone is 2. The number of carbonyl (C=O) groups excluding carboxylic acids is 1. The molecule has 170 valence electrons. The van der Waals surface area contributed by atoms with Gasteiger partial charge in [0.25, 0.3) is 0 Å². The minimum absolute atomic E-state index is 0. The van der Waals surface area contributed by atoms with Crippen LogP contribution in [0.15, 0.2) is 41.3 Å². The summed E-state index contributed by atoms with van der Waals surface area (Å²) in [6.07, 6.45) is 20.6. The summed E-state index contributed by atoms with van der Waals surface area (Å²) in [6, 6.07) is 4.94. The van der Waals surface area contributed by atoms with Gasteiger partial charge in [0.1, 0.15) is 15.9 Å². The van der Waals surface area contributed by atoms with E-state index in [1.165, 1.54) is 69.9 Å². The summed E-state index contributed by atoms with van der Waals surface area (Å²) in [6.45, 7) is 2.25. The SMILES string of the molecule is CCCCCCCC/C=C/CCCCCCCC(=O)Oc1ccc(S(=O)(=O)[O-])cc1.[Na+]. The molecule has 0 spiro atoms. The van der Waals surface area contributed by atoms with E-state index >= 15 is 0 Å². The molecule has 0 aromatic heterocycles. The van der Waals surface area contributed by atoms with Crippen LogP contribution in [0.4, 0.5) is 0 Å². The van der Waals surface area contributed by atoms with E-state index in [-0.39, 0.29) is 46.2 Å². The number of rotatable bonds is 17. The van der Waals surface area contributed by atoms with Crippen molar-refractivity contribution in [3.63, 3.8) is 0 Å². The van der Waals surface area contributed by atoms with Gasteiger partial charge in [-0.15, -0.1) is 0 Å². The third kappa shape index (κ3) is 16.6. The Balaban J connectivity index is 0.00000900. The van der Waals surface area contributed by atoms with E-state index in [4.69, 9.17) is 4.74 Å². The molecule has 1 rings (SSSR count). The van der Waals surface area contributed by atoms with Crippen LogP contribution < -0.4 is 34.3 Å². The van der Waals surface area contributed by atoms with Crippen LogP contribution in [0.1, 0.15) is 96.8 Å². The fourth-order valence-electron chi connectivity index (χ4n) is 3.20. The Bertz CT molecular complexity index is 714. The van der Waals surface area contributed by atoms with Gasteiger partial charge in [-0.1, -0.05) is 70.4 Å². The second-order valence-electron chi connectivity index (χ2n) is 7.73. The molecule has 0 fully saturated rings. The van der Waals surface area contributed by atoms with Gasteiger partial charge in [-0.25, -0.2) is 8.42 Å². The summed E-state index contributed by atoms with van der Waals surface area (Å²) in [7, 11) is -4.48. The Morgan fingerprint density at radius 3 is 1.84 bits per heavy atom. The number of hydrogen-bond donors (Lipinski definition) is 0. The van der Waals surface area contributed by atoms with E-state index in [0.717, 1.165) is 37.8 Å². The number of esters is 1. The first-order valence-corrected chi connectivity index (χ1v) is 12.8. The maximum Gasteiger partial charge on any atom is 1.00 e. The fourth-order valence-corrected chi connectivity index (χ4v) is 3.67.